The van der Waals surface area contributed by atoms with Crippen molar-refractivity contribution in [3.8, 4) is 5.88 Å². The number of amides is 1. The zero-order valence-corrected chi connectivity index (χ0v) is 24.9. The van der Waals surface area contributed by atoms with Crippen molar-refractivity contribution >= 4 is 49.9 Å². The number of carbonyl (C=O) groups excluding carboxylic acids is 2. The Hall–Kier alpha value is -4.64. The number of fused-ring (bicyclic) bond motifs is 1. The Bertz CT molecular complexity index is 1760. The van der Waals surface area contributed by atoms with E-state index in [1.54, 1.807) is 54.3 Å². The lowest BCUT2D eigenvalue weighted by Gasteiger charge is -2.30. The predicted octanol–water partition coefficient (Wildman–Crippen LogP) is 5.00. The van der Waals surface area contributed by atoms with Crippen LogP contribution in [0, 0.1) is 0 Å². The molecule has 10 nitrogen and oxygen atoms in total. The Morgan fingerprint density at radius 2 is 1.67 bits per heavy atom. The number of aromatic hydroxyl groups is 1. The fourth-order valence-electron chi connectivity index (χ4n) is 5.21. The van der Waals surface area contributed by atoms with Gasteiger partial charge in [-0.15, -0.1) is 0 Å². The molecular formula is C32H34N4O6S. The molecule has 1 aliphatic heterocycles. The molecule has 0 saturated carbocycles. The van der Waals surface area contributed by atoms with Crippen molar-refractivity contribution in [2.45, 2.75) is 26.2 Å². The van der Waals surface area contributed by atoms with Gasteiger partial charge in [-0.25, -0.2) is 18.2 Å². The van der Waals surface area contributed by atoms with Gasteiger partial charge in [0.25, 0.3) is 0 Å². The number of hydrogen-bond donors (Lipinski definition) is 2. The van der Waals surface area contributed by atoms with Crippen LogP contribution in [0.5, 0.6) is 5.88 Å². The number of nitrogens with zero attached hydrogens (tertiary/aromatic N) is 3. The summed E-state index contributed by atoms with van der Waals surface area (Å²) in [5.41, 5.74) is 3.42. The number of rotatable bonds is 9. The van der Waals surface area contributed by atoms with Crippen LogP contribution in [0.3, 0.4) is 0 Å². The third kappa shape index (κ3) is 6.72. The van der Waals surface area contributed by atoms with Crippen molar-refractivity contribution in [3.05, 3.63) is 89.5 Å². The molecule has 0 bridgehead atoms. The molecule has 1 fully saturated rings. The third-order valence-electron chi connectivity index (χ3n) is 7.34. The molecule has 2 heterocycles. The predicted molar refractivity (Wildman–Crippen MR) is 167 cm³/mol. The van der Waals surface area contributed by atoms with E-state index in [9.17, 15) is 23.1 Å². The normalized spacial score (nSPS) is 14.1. The Morgan fingerprint density at radius 3 is 2.33 bits per heavy atom. The number of anilines is 1. The van der Waals surface area contributed by atoms with E-state index in [0.717, 1.165) is 35.4 Å². The molecule has 1 aromatic heterocycles. The van der Waals surface area contributed by atoms with Crippen LogP contribution in [-0.4, -0.2) is 73.5 Å². The monoisotopic (exact) mass is 602 g/mol. The first-order valence-electron chi connectivity index (χ1n) is 14.2. The van der Waals surface area contributed by atoms with Crippen molar-refractivity contribution in [1.82, 2.24) is 9.88 Å². The van der Waals surface area contributed by atoms with Gasteiger partial charge in [0.05, 0.1) is 41.1 Å². The Balaban J connectivity index is 1.51. The summed E-state index contributed by atoms with van der Waals surface area (Å²) in [5.74, 6) is -0.799. The number of esters is 1. The molecule has 11 heteroatoms. The summed E-state index contributed by atoms with van der Waals surface area (Å²) < 4.78 is 31.6. The summed E-state index contributed by atoms with van der Waals surface area (Å²) >= 11 is 0. The zero-order valence-electron chi connectivity index (χ0n) is 24.1. The van der Waals surface area contributed by atoms with E-state index in [0.29, 0.717) is 52.2 Å². The second kappa shape index (κ2) is 12.7. The minimum Gasteiger partial charge on any atom is -0.494 e. The van der Waals surface area contributed by atoms with E-state index in [-0.39, 0.29) is 24.9 Å². The highest BCUT2D eigenvalue weighted by atomic mass is 32.2. The van der Waals surface area contributed by atoms with Crippen molar-refractivity contribution in [2.24, 2.45) is 4.99 Å². The van der Waals surface area contributed by atoms with Gasteiger partial charge in [0, 0.05) is 29.6 Å². The number of sulfonamides is 1. The van der Waals surface area contributed by atoms with Gasteiger partial charge >= 0.3 is 5.97 Å². The maximum absolute atomic E-state index is 12.9. The van der Waals surface area contributed by atoms with Crippen molar-refractivity contribution in [1.29, 1.82) is 0 Å². The Labute approximate surface area is 250 Å². The van der Waals surface area contributed by atoms with Crippen LogP contribution in [0.25, 0.3) is 10.9 Å². The van der Waals surface area contributed by atoms with Gasteiger partial charge in [-0.05, 0) is 62.6 Å². The van der Waals surface area contributed by atoms with E-state index in [4.69, 9.17) is 9.73 Å². The molecule has 43 heavy (non-hydrogen) atoms. The Kier molecular flexibility index (Phi) is 8.81. The summed E-state index contributed by atoms with van der Waals surface area (Å²) in [4.78, 5) is 34.7. The number of ether oxygens (including phenoxy) is 1. The number of benzene rings is 3. The van der Waals surface area contributed by atoms with Crippen LogP contribution in [0.1, 0.15) is 47.7 Å². The first kappa shape index (κ1) is 29.8. The second-order valence-electron chi connectivity index (χ2n) is 10.4. The molecule has 1 aliphatic rings. The first-order valence-corrected chi connectivity index (χ1v) is 16.0. The average Bonchev–Trinajstić information content (AvgIpc) is 3.34. The quantitative estimate of drug-likeness (QED) is 0.205. The standard InChI is InChI=1S/C32H34N4O6S/c1-3-42-32(39)23-12-17-26-27(20-23)34-31(38)29(26)30(22-10-6-4-7-11-22)33-24-13-15-25(16-14-24)36(43(2,40)41)21-28(37)35-18-8-5-9-19-35/h4,6-7,10-17,20,34,38H,3,5,8-9,18-19,21H2,1-2H3. The number of nitrogens with one attached hydrogen (secondary N) is 1. The molecule has 0 spiro atoms. The highest BCUT2D eigenvalue weighted by Crippen LogP contribution is 2.33. The van der Waals surface area contributed by atoms with Crippen molar-refractivity contribution in [2.75, 3.05) is 36.8 Å². The fourth-order valence-corrected chi connectivity index (χ4v) is 6.06. The molecular weight excluding hydrogens is 568 g/mol. The molecule has 0 radical (unpaired) electrons. The number of carbonyl (C=O) groups is 2. The minimum atomic E-state index is -3.73. The molecule has 0 atom stereocenters. The van der Waals surface area contributed by atoms with E-state index in [2.05, 4.69) is 4.98 Å². The van der Waals surface area contributed by atoms with Gasteiger partial charge in [-0.3, -0.25) is 9.10 Å². The summed E-state index contributed by atoms with van der Waals surface area (Å²) in [6, 6.07) is 20.9. The Morgan fingerprint density at radius 1 is 0.977 bits per heavy atom. The highest BCUT2D eigenvalue weighted by molar-refractivity contribution is 7.92. The van der Waals surface area contributed by atoms with Gasteiger partial charge in [-0.2, -0.15) is 0 Å². The maximum atomic E-state index is 12.9. The number of piperidine rings is 1. The zero-order chi connectivity index (χ0) is 30.6. The largest absolute Gasteiger partial charge is 0.494 e. The van der Waals surface area contributed by atoms with Gasteiger partial charge in [0.1, 0.15) is 6.54 Å². The maximum Gasteiger partial charge on any atom is 0.338 e. The molecule has 0 aliphatic carbocycles. The number of hydrogen-bond acceptors (Lipinski definition) is 7. The minimum absolute atomic E-state index is 0.116. The van der Waals surface area contributed by atoms with Gasteiger partial charge < -0.3 is 19.7 Å². The number of likely N-dealkylation sites (tertiary alicyclic amines) is 1. The fraction of sp³-hybridized carbons (Fsp3) is 0.281. The lowest BCUT2D eigenvalue weighted by atomic mass is 10.00. The SMILES string of the molecule is CCOC(=O)c1ccc2c(C(=Nc3ccc(N(CC(=O)N4CCCCC4)S(C)(=O)=O)cc3)c3ccccc3)c(O)[nH]c2c1. The van der Waals surface area contributed by atoms with E-state index < -0.39 is 16.0 Å². The molecule has 5 rings (SSSR count). The first-order chi connectivity index (χ1) is 20.7. The summed E-state index contributed by atoms with van der Waals surface area (Å²) in [6.07, 6.45) is 3.99. The highest BCUT2D eigenvalue weighted by Gasteiger charge is 2.25. The number of aromatic amines is 1. The molecule has 3 aromatic carbocycles. The number of aromatic nitrogens is 1. The summed E-state index contributed by atoms with van der Waals surface area (Å²) in [5, 5.41) is 11.7. The van der Waals surface area contributed by atoms with E-state index in [1.165, 1.54) is 0 Å². The smallest absolute Gasteiger partial charge is 0.338 e. The summed E-state index contributed by atoms with van der Waals surface area (Å²) in [7, 11) is -3.73. The van der Waals surface area contributed by atoms with Gasteiger partial charge in [0.15, 0.2) is 5.88 Å². The van der Waals surface area contributed by atoms with Gasteiger partial charge in [-0.1, -0.05) is 36.4 Å². The lowest BCUT2D eigenvalue weighted by molar-refractivity contribution is -0.130. The van der Waals surface area contributed by atoms with E-state index in [1.807, 2.05) is 30.3 Å². The molecule has 1 saturated heterocycles. The van der Waals surface area contributed by atoms with E-state index >= 15 is 0 Å². The second-order valence-corrected chi connectivity index (χ2v) is 12.3. The molecule has 4 aromatic rings. The van der Waals surface area contributed by atoms with Gasteiger partial charge in [0.2, 0.25) is 15.9 Å². The number of aliphatic imine (C=N–C) groups is 1. The van der Waals surface area contributed by atoms with Crippen LogP contribution in [0.4, 0.5) is 11.4 Å². The summed E-state index contributed by atoms with van der Waals surface area (Å²) in [6.45, 7) is 2.98. The van der Waals surface area contributed by atoms with Crippen LogP contribution in [0.15, 0.2) is 77.8 Å². The topological polar surface area (TPSA) is 132 Å². The van der Waals surface area contributed by atoms with Crippen molar-refractivity contribution < 1.29 is 27.9 Å². The molecule has 2 N–H and O–H groups in total. The molecule has 1 amide bonds. The van der Waals surface area contributed by atoms with Crippen LogP contribution >= 0.6 is 0 Å². The van der Waals surface area contributed by atoms with Crippen LogP contribution < -0.4 is 4.31 Å². The lowest BCUT2D eigenvalue weighted by Crippen LogP contribution is -2.44. The third-order valence-corrected chi connectivity index (χ3v) is 8.48. The molecule has 0 unspecified atom stereocenters. The van der Waals surface area contributed by atoms with Crippen LogP contribution in [0.2, 0.25) is 0 Å². The van der Waals surface area contributed by atoms with Crippen LogP contribution in [-0.2, 0) is 19.6 Å². The number of H-pyrrole nitrogens is 1. The molecule has 224 valence electrons. The average molecular weight is 603 g/mol. The van der Waals surface area contributed by atoms with Crippen molar-refractivity contribution in [3.63, 3.8) is 0 Å².